The van der Waals surface area contributed by atoms with Crippen molar-refractivity contribution in [3.8, 4) is 0 Å². The highest BCUT2D eigenvalue weighted by Gasteiger charge is 2.43. The van der Waals surface area contributed by atoms with E-state index in [0.717, 1.165) is 22.5 Å². The predicted octanol–water partition coefficient (Wildman–Crippen LogP) is 3.03. The zero-order chi connectivity index (χ0) is 23.3. The fraction of sp³-hybridized carbons (Fsp3) is 0.375. The van der Waals surface area contributed by atoms with E-state index in [0.29, 0.717) is 30.3 Å². The molecule has 0 saturated carbocycles. The second-order valence-electron chi connectivity index (χ2n) is 9.54. The first-order chi connectivity index (χ1) is 15.7. The number of anilines is 3. The van der Waals surface area contributed by atoms with E-state index in [2.05, 4.69) is 30.0 Å². The van der Waals surface area contributed by atoms with Crippen molar-refractivity contribution in [3.05, 3.63) is 65.2 Å². The van der Waals surface area contributed by atoms with Gasteiger partial charge in [-0.3, -0.25) is 4.79 Å². The molecule has 2 aliphatic heterocycles. The highest BCUT2D eigenvalue weighted by Crippen LogP contribution is 2.45. The van der Waals surface area contributed by atoms with E-state index in [9.17, 15) is 9.90 Å². The van der Waals surface area contributed by atoms with Crippen LogP contribution in [0.3, 0.4) is 0 Å². The van der Waals surface area contributed by atoms with Gasteiger partial charge in [0.2, 0.25) is 5.91 Å². The monoisotopic (exact) mass is 466 g/mol. The lowest BCUT2D eigenvalue weighted by Crippen LogP contribution is -2.43. The minimum Gasteiger partial charge on any atom is -0.399 e. The smallest absolute Gasteiger partial charge is 0.227 e. The average molecular weight is 467 g/mol. The van der Waals surface area contributed by atoms with Gasteiger partial charge in [0.1, 0.15) is 18.9 Å². The molecule has 1 fully saturated rings. The van der Waals surface area contributed by atoms with Crippen LogP contribution in [0, 0.1) is 5.92 Å². The molecular formula is C24H27ClN6O2. The number of hydrogen-bond acceptors (Lipinski definition) is 6. The molecule has 3 aromatic rings. The summed E-state index contributed by atoms with van der Waals surface area (Å²) in [6, 6.07) is 11.3. The van der Waals surface area contributed by atoms with Gasteiger partial charge in [0.15, 0.2) is 0 Å². The van der Waals surface area contributed by atoms with Crippen LogP contribution in [0.15, 0.2) is 49.1 Å². The highest BCUT2D eigenvalue weighted by molar-refractivity contribution is 6.31. The second-order valence-corrected chi connectivity index (χ2v) is 9.95. The minimum absolute atomic E-state index is 0.00968. The number of halogens is 1. The molecule has 9 heteroatoms. The molecule has 3 N–H and O–H groups in total. The number of nitrogens with zero attached hydrogens (tertiary/aromatic N) is 5. The van der Waals surface area contributed by atoms with E-state index in [-0.39, 0.29) is 23.7 Å². The quantitative estimate of drug-likeness (QED) is 0.560. The van der Waals surface area contributed by atoms with Crippen molar-refractivity contribution in [2.45, 2.75) is 38.5 Å². The van der Waals surface area contributed by atoms with Crippen LogP contribution in [0.1, 0.15) is 31.4 Å². The van der Waals surface area contributed by atoms with Gasteiger partial charge in [-0.1, -0.05) is 31.5 Å². The Morgan fingerprint density at radius 3 is 2.85 bits per heavy atom. The number of aliphatic hydroxyl groups excluding tert-OH is 1. The largest absolute Gasteiger partial charge is 0.399 e. The van der Waals surface area contributed by atoms with Gasteiger partial charge >= 0.3 is 0 Å². The van der Waals surface area contributed by atoms with Gasteiger partial charge in [0, 0.05) is 52.9 Å². The first-order valence-electron chi connectivity index (χ1n) is 11.0. The average Bonchev–Trinajstić information content (AvgIpc) is 3.47. The van der Waals surface area contributed by atoms with Gasteiger partial charge in [-0.15, -0.1) is 0 Å². The van der Waals surface area contributed by atoms with Gasteiger partial charge in [-0.2, -0.15) is 5.10 Å². The molecule has 2 aromatic carbocycles. The standard InChI is InChI=1S/C24H27ClN6O2/c1-24(2)12-31(21-9-20(25)15(6-19(21)24)10-29-14-27-13-28-29)23(33)16-7-22(32)30(11-16)18-5-3-4-17(26)8-18/h3-6,8-9,13-14,16,23,33H,7,10-12,26H2,1-2H3. The molecule has 8 nitrogen and oxygen atoms in total. The molecule has 0 bridgehead atoms. The molecule has 0 spiro atoms. The number of hydrogen-bond donors (Lipinski definition) is 2. The number of aromatic nitrogens is 3. The maximum Gasteiger partial charge on any atom is 0.227 e. The van der Waals surface area contributed by atoms with Crippen molar-refractivity contribution in [2.75, 3.05) is 28.6 Å². The number of amides is 1. The number of aliphatic hydroxyl groups is 1. The Kier molecular flexibility index (Phi) is 5.29. The van der Waals surface area contributed by atoms with E-state index in [4.69, 9.17) is 17.3 Å². The molecule has 0 aliphatic carbocycles. The van der Waals surface area contributed by atoms with Gasteiger partial charge in [-0.25, -0.2) is 9.67 Å². The van der Waals surface area contributed by atoms with E-state index in [1.54, 1.807) is 28.0 Å². The molecule has 172 valence electrons. The fourth-order valence-corrected chi connectivity index (χ4v) is 5.18. The topological polar surface area (TPSA) is 101 Å². The first-order valence-corrected chi connectivity index (χ1v) is 11.4. The van der Waals surface area contributed by atoms with E-state index < -0.39 is 6.23 Å². The van der Waals surface area contributed by atoms with Crippen molar-refractivity contribution < 1.29 is 9.90 Å². The van der Waals surface area contributed by atoms with Crippen molar-refractivity contribution >= 4 is 34.6 Å². The molecular weight excluding hydrogens is 440 g/mol. The molecule has 5 rings (SSSR count). The summed E-state index contributed by atoms with van der Waals surface area (Å²) < 4.78 is 1.73. The third-order valence-corrected chi connectivity index (χ3v) is 7.00. The Bertz CT molecular complexity index is 1200. The van der Waals surface area contributed by atoms with Crippen LogP contribution in [0.5, 0.6) is 0 Å². The van der Waals surface area contributed by atoms with Gasteiger partial charge in [0.05, 0.1) is 6.54 Å². The Morgan fingerprint density at radius 1 is 1.30 bits per heavy atom. The predicted molar refractivity (Wildman–Crippen MR) is 128 cm³/mol. The van der Waals surface area contributed by atoms with Crippen LogP contribution in [-0.2, 0) is 16.8 Å². The number of carbonyl (C=O) groups is 1. The van der Waals surface area contributed by atoms with Gasteiger partial charge in [0.25, 0.3) is 0 Å². The number of nitrogens with two attached hydrogens (primary N) is 1. The normalized spacial score (nSPS) is 20.4. The van der Waals surface area contributed by atoms with Crippen LogP contribution in [0.25, 0.3) is 0 Å². The zero-order valence-electron chi connectivity index (χ0n) is 18.6. The summed E-state index contributed by atoms with van der Waals surface area (Å²) in [4.78, 5) is 20.5. The summed E-state index contributed by atoms with van der Waals surface area (Å²) in [5.41, 5.74) is 10.1. The lowest BCUT2D eigenvalue weighted by Gasteiger charge is -2.31. The van der Waals surface area contributed by atoms with Crippen molar-refractivity contribution in [3.63, 3.8) is 0 Å². The fourth-order valence-electron chi connectivity index (χ4n) is 4.96. The lowest BCUT2D eigenvalue weighted by molar-refractivity contribution is -0.117. The molecule has 2 unspecified atom stereocenters. The Balaban J connectivity index is 1.41. The molecule has 2 aliphatic rings. The van der Waals surface area contributed by atoms with Crippen molar-refractivity contribution in [1.82, 2.24) is 14.8 Å². The summed E-state index contributed by atoms with van der Waals surface area (Å²) in [5.74, 6) is -0.237. The van der Waals surface area contributed by atoms with Crippen LogP contribution >= 0.6 is 11.6 Å². The zero-order valence-corrected chi connectivity index (χ0v) is 19.4. The third kappa shape index (κ3) is 3.94. The molecule has 0 radical (unpaired) electrons. The summed E-state index contributed by atoms with van der Waals surface area (Å²) in [6.45, 7) is 5.91. The van der Waals surface area contributed by atoms with E-state index >= 15 is 0 Å². The number of carbonyl (C=O) groups excluding carboxylic acids is 1. The molecule has 33 heavy (non-hydrogen) atoms. The molecule has 1 saturated heterocycles. The SMILES string of the molecule is CC1(C)CN(C(O)C2CC(=O)N(c3cccc(N)c3)C2)c2cc(Cl)c(Cn3cncn3)cc21. The van der Waals surface area contributed by atoms with Crippen LogP contribution in [0.2, 0.25) is 5.02 Å². The number of fused-ring (bicyclic) bond motifs is 1. The molecule has 3 heterocycles. The molecule has 1 aromatic heterocycles. The lowest BCUT2D eigenvalue weighted by atomic mass is 9.86. The van der Waals surface area contributed by atoms with Gasteiger partial charge in [-0.05, 0) is 41.5 Å². The number of nitrogen functional groups attached to an aromatic ring is 1. The Morgan fingerprint density at radius 2 is 2.12 bits per heavy atom. The Labute approximate surface area is 197 Å². The Hall–Kier alpha value is -3.10. The van der Waals surface area contributed by atoms with Crippen molar-refractivity contribution in [2.24, 2.45) is 5.92 Å². The van der Waals surface area contributed by atoms with Crippen LogP contribution < -0.4 is 15.5 Å². The van der Waals surface area contributed by atoms with E-state index in [1.165, 1.54) is 6.33 Å². The minimum atomic E-state index is -0.808. The number of benzene rings is 2. The molecule has 1 amide bonds. The first kappa shape index (κ1) is 21.7. The summed E-state index contributed by atoms with van der Waals surface area (Å²) in [6.07, 6.45) is 2.63. The number of rotatable bonds is 5. The third-order valence-electron chi connectivity index (χ3n) is 6.65. The van der Waals surface area contributed by atoms with Crippen LogP contribution in [-0.4, -0.2) is 45.1 Å². The van der Waals surface area contributed by atoms with Crippen LogP contribution in [0.4, 0.5) is 17.1 Å². The summed E-state index contributed by atoms with van der Waals surface area (Å²) in [7, 11) is 0. The summed E-state index contributed by atoms with van der Waals surface area (Å²) in [5, 5.41) is 16.2. The maximum absolute atomic E-state index is 12.8. The highest BCUT2D eigenvalue weighted by atomic mass is 35.5. The van der Waals surface area contributed by atoms with E-state index in [1.807, 2.05) is 23.1 Å². The summed E-state index contributed by atoms with van der Waals surface area (Å²) >= 11 is 6.64. The van der Waals surface area contributed by atoms with Gasteiger partial charge < -0.3 is 20.6 Å². The van der Waals surface area contributed by atoms with Crippen molar-refractivity contribution in [1.29, 1.82) is 0 Å². The second kappa shape index (κ2) is 8.04. The maximum atomic E-state index is 12.8. The molecule has 2 atom stereocenters.